The molecule has 0 radical (unpaired) electrons. The molecule has 0 unspecified atom stereocenters. The van der Waals surface area contributed by atoms with Crippen LogP contribution in [0, 0.1) is 6.92 Å². The fourth-order valence-electron chi connectivity index (χ4n) is 3.03. The Morgan fingerprint density at radius 1 is 1.17 bits per heavy atom. The highest BCUT2D eigenvalue weighted by molar-refractivity contribution is 6.30. The maximum absolute atomic E-state index is 6.02. The van der Waals surface area contributed by atoms with Gasteiger partial charge in [0.15, 0.2) is 0 Å². The normalized spacial score (nSPS) is 15.4. The lowest BCUT2D eigenvalue weighted by Crippen LogP contribution is -2.44. The van der Waals surface area contributed by atoms with Crippen LogP contribution in [0.5, 0.6) is 0 Å². The molecule has 3 aromatic rings. The summed E-state index contributed by atoms with van der Waals surface area (Å²) in [4.78, 5) is 6.94. The van der Waals surface area contributed by atoms with Gasteiger partial charge in [0.1, 0.15) is 0 Å². The Labute approximate surface area is 146 Å². The lowest BCUT2D eigenvalue weighted by atomic mass is 9.98. The second-order valence-electron chi connectivity index (χ2n) is 6.28. The van der Waals surface area contributed by atoms with E-state index >= 15 is 0 Å². The van der Waals surface area contributed by atoms with E-state index in [0.29, 0.717) is 22.7 Å². The second-order valence-corrected chi connectivity index (χ2v) is 6.72. The summed E-state index contributed by atoms with van der Waals surface area (Å²) in [7, 11) is 0. The molecule has 4 nitrogen and oxygen atoms in total. The van der Waals surface area contributed by atoms with Gasteiger partial charge in [-0.25, -0.2) is 0 Å². The molecule has 2 aromatic carbocycles. The number of aromatic nitrogens is 2. The molecular weight excluding hydrogens is 322 g/mol. The van der Waals surface area contributed by atoms with Gasteiger partial charge in [0.05, 0.1) is 5.92 Å². The largest absolute Gasteiger partial charge is 0.339 e. The minimum atomic E-state index is 0.314. The minimum absolute atomic E-state index is 0.314. The van der Waals surface area contributed by atoms with Gasteiger partial charge in [0.2, 0.25) is 11.7 Å². The van der Waals surface area contributed by atoms with Crippen LogP contribution in [0.25, 0.3) is 11.4 Å². The Morgan fingerprint density at radius 2 is 2.00 bits per heavy atom. The van der Waals surface area contributed by atoms with Gasteiger partial charge in [-0.2, -0.15) is 4.98 Å². The Bertz CT molecular complexity index is 855. The zero-order valence-electron chi connectivity index (χ0n) is 13.4. The number of hydrogen-bond acceptors (Lipinski definition) is 4. The van der Waals surface area contributed by atoms with Gasteiger partial charge in [0.25, 0.3) is 0 Å². The molecule has 1 aliphatic rings. The number of hydrogen-bond donors (Lipinski definition) is 0. The molecule has 0 aliphatic carbocycles. The minimum Gasteiger partial charge on any atom is -0.339 e. The van der Waals surface area contributed by atoms with E-state index in [9.17, 15) is 0 Å². The van der Waals surface area contributed by atoms with E-state index in [4.69, 9.17) is 16.1 Å². The molecule has 0 amide bonds. The molecule has 2 heterocycles. The molecule has 1 fully saturated rings. The number of nitrogens with zero attached hydrogens (tertiary/aromatic N) is 3. The molecule has 24 heavy (non-hydrogen) atoms. The molecule has 4 rings (SSSR count). The maximum atomic E-state index is 6.02. The van der Waals surface area contributed by atoms with Crippen molar-refractivity contribution in [3.05, 3.63) is 70.6 Å². The van der Waals surface area contributed by atoms with E-state index in [1.54, 1.807) is 0 Å². The quantitative estimate of drug-likeness (QED) is 0.710. The molecule has 0 spiro atoms. The molecule has 1 aromatic heterocycles. The van der Waals surface area contributed by atoms with Gasteiger partial charge in [0, 0.05) is 30.2 Å². The number of rotatable bonds is 4. The van der Waals surface area contributed by atoms with Crippen molar-refractivity contribution in [3.8, 4) is 11.4 Å². The van der Waals surface area contributed by atoms with Gasteiger partial charge in [-0.15, -0.1) is 0 Å². The first kappa shape index (κ1) is 15.4. The summed E-state index contributed by atoms with van der Waals surface area (Å²) >= 11 is 6.02. The summed E-state index contributed by atoms with van der Waals surface area (Å²) in [5, 5.41) is 4.76. The van der Waals surface area contributed by atoms with Crippen LogP contribution in [0.1, 0.15) is 22.9 Å². The molecule has 1 aliphatic heterocycles. The smallest absolute Gasteiger partial charge is 0.232 e. The van der Waals surface area contributed by atoms with Crippen molar-refractivity contribution in [1.29, 1.82) is 0 Å². The molecule has 122 valence electrons. The first-order chi connectivity index (χ1) is 11.7. The first-order valence-electron chi connectivity index (χ1n) is 8.05. The summed E-state index contributed by atoms with van der Waals surface area (Å²) in [6, 6.07) is 16.0. The first-order valence-corrected chi connectivity index (χ1v) is 8.43. The number of halogens is 1. The SMILES string of the molecule is Cc1ccccc1CN1CC(c2nc(-c3cccc(Cl)c3)no2)C1. The van der Waals surface area contributed by atoms with Crippen LogP contribution >= 0.6 is 11.6 Å². The van der Waals surface area contributed by atoms with E-state index in [0.717, 1.165) is 25.2 Å². The third kappa shape index (κ3) is 3.07. The predicted octanol–water partition coefficient (Wildman–Crippen LogP) is 4.30. The number of likely N-dealkylation sites (tertiary alicyclic amines) is 1. The lowest BCUT2D eigenvalue weighted by Gasteiger charge is -2.37. The summed E-state index contributed by atoms with van der Waals surface area (Å²) in [6.45, 7) is 5.03. The van der Waals surface area contributed by atoms with Crippen molar-refractivity contribution in [3.63, 3.8) is 0 Å². The highest BCUT2D eigenvalue weighted by Gasteiger charge is 2.32. The molecule has 1 saturated heterocycles. The van der Waals surface area contributed by atoms with Crippen molar-refractivity contribution in [1.82, 2.24) is 15.0 Å². The van der Waals surface area contributed by atoms with E-state index in [-0.39, 0.29) is 0 Å². The zero-order valence-corrected chi connectivity index (χ0v) is 14.2. The van der Waals surface area contributed by atoms with E-state index in [1.807, 2.05) is 24.3 Å². The highest BCUT2D eigenvalue weighted by Crippen LogP contribution is 2.29. The van der Waals surface area contributed by atoms with Gasteiger partial charge in [-0.1, -0.05) is 53.2 Å². The summed E-state index contributed by atoms with van der Waals surface area (Å²) in [6.07, 6.45) is 0. The van der Waals surface area contributed by atoms with Crippen molar-refractivity contribution >= 4 is 11.6 Å². The summed E-state index contributed by atoms with van der Waals surface area (Å²) < 4.78 is 5.45. The van der Waals surface area contributed by atoms with E-state index in [1.165, 1.54) is 11.1 Å². The predicted molar refractivity (Wildman–Crippen MR) is 93.9 cm³/mol. The zero-order chi connectivity index (χ0) is 16.5. The highest BCUT2D eigenvalue weighted by atomic mass is 35.5. The van der Waals surface area contributed by atoms with Gasteiger partial charge in [-0.05, 0) is 30.2 Å². The Kier molecular flexibility index (Phi) is 4.08. The van der Waals surface area contributed by atoms with Crippen LogP contribution in [-0.2, 0) is 6.54 Å². The summed E-state index contributed by atoms with van der Waals surface area (Å²) in [5.74, 6) is 1.63. The monoisotopic (exact) mass is 339 g/mol. The van der Waals surface area contributed by atoms with Crippen LogP contribution in [0.15, 0.2) is 53.1 Å². The number of benzene rings is 2. The standard InChI is InChI=1S/C19H18ClN3O/c1-13-5-2-3-6-15(13)10-23-11-16(12-23)19-21-18(22-24-19)14-7-4-8-17(20)9-14/h2-9,16H,10-12H2,1H3. The van der Waals surface area contributed by atoms with Gasteiger partial charge < -0.3 is 4.52 Å². The third-order valence-corrected chi connectivity index (χ3v) is 4.72. The lowest BCUT2D eigenvalue weighted by molar-refractivity contribution is 0.117. The van der Waals surface area contributed by atoms with E-state index in [2.05, 4.69) is 46.2 Å². The molecule has 0 atom stereocenters. The van der Waals surface area contributed by atoms with Crippen LogP contribution in [-0.4, -0.2) is 28.1 Å². The Balaban J connectivity index is 1.40. The molecule has 0 N–H and O–H groups in total. The molecule has 0 saturated carbocycles. The van der Waals surface area contributed by atoms with E-state index < -0.39 is 0 Å². The van der Waals surface area contributed by atoms with Gasteiger partial charge in [-0.3, -0.25) is 4.90 Å². The Hall–Kier alpha value is -2.17. The molecule has 5 heteroatoms. The average molecular weight is 340 g/mol. The average Bonchev–Trinajstić information content (AvgIpc) is 3.01. The summed E-state index contributed by atoms with van der Waals surface area (Å²) in [5.41, 5.74) is 3.59. The number of aryl methyl sites for hydroxylation is 1. The second kappa shape index (κ2) is 6.38. The van der Waals surface area contributed by atoms with Crippen LogP contribution < -0.4 is 0 Å². The third-order valence-electron chi connectivity index (χ3n) is 4.49. The maximum Gasteiger partial charge on any atom is 0.232 e. The topological polar surface area (TPSA) is 42.2 Å². The van der Waals surface area contributed by atoms with Crippen LogP contribution in [0.2, 0.25) is 5.02 Å². The molecular formula is C19H18ClN3O. The molecule has 0 bridgehead atoms. The van der Waals surface area contributed by atoms with Crippen molar-refractivity contribution < 1.29 is 4.52 Å². The van der Waals surface area contributed by atoms with Crippen LogP contribution in [0.3, 0.4) is 0 Å². The Morgan fingerprint density at radius 3 is 2.79 bits per heavy atom. The van der Waals surface area contributed by atoms with Crippen molar-refractivity contribution in [2.45, 2.75) is 19.4 Å². The fourth-order valence-corrected chi connectivity index (χ4v) is 3.22. The van der Waals surface area contributed by atoms with Crippen molar-refractivity contribution in [2.24, 2.45) is 0 Å². The van der Waals surface area contributed by atoms with Gasteiger partial charge >= 0.3 is 0 Å². The van der Waals surface area contributed by atoms with Crippen molar-refractivity contribution in [2.75, 3.05) is 13.1 Å². The fraction of sp³-hybridized carbons (Fsp3) is 0.263. The van der Waals surface area contributed by atoms with Crippen LogP contribution in [0.4, 0.5) is 0 Å².